The van der Waals surface area contributed by atoms with E-state index in [1.807, 2.05) is 37.3 Å². The molecule has 1 aliphatic heterocycles. The van der Waals surface area contributed by atoms with Crippen molar-refractivity contribution in [1.29, 1.82) is 0 Å². The molecule has 1 fully saturated rings. The first-order chi connectivity index (χ1) is 11.1. The van der Waals surface area contributed by atoms with Gasteiger partial charge >= 0.3 is 0 Å². The normalized spacial score (nSPS) is 17.0. The van der Waals surface area contributed by atoms with E-state index in [0.29, 0.717) is 19.6 Å². The van der Waals surface area contributed by atoms with E-state index in [2.05, 4.69) is 0 Å². The molecule has 1 aliphatic rings. The summed E-state index contributed by atoms with van der Waals surface area (Å²) in [6.07, 6.45) is 2.05. The summed E-state index contributed by atoms with van der Waals surface area (Å²) in [5.41, 5.74) is 1.09. The van der Waals surface area contributed by atoms with Crippen LogP contribution in [0.4, 0.5) is 0 Å². The topological polar surface area (TPSA) is 49.9 Å². The minimum atomic E-state index is -0.0791. The Bertz CT molecular complexity index is 512. The molecule has 23 heavy (non-hydrogen) atoms. The fourth-order valence-corrected chi connectivity index (χ4v) is 2.78. The zero-order valence-corrected chi connectivity index (χ0v) is 14.0. The largest absolute Gasteiger partial charge is 0.376 e. The van der Waals surface area contributed by atoms with Crippen molar-refractivity contribution in [3.05, 3.63) is 35.9 Å². The average molecular weight is 318 g/mol. The standard InChI is InChI=1S/C18H26N2O3/c1-3-19(12-16-8-5-4-6-9-16)18(22)14-20(15(2)21)13-17-10-7-11-23-17/h4-6,8-9,17H,3,7,10-14H2,1-2H3. The van der Waals surface area contributed by atoms with Crippen molar-refractivity contribution >= 4 is 11.8 Å². The van der Waals surface area contributed by atoms with Crippen molar-refractivity contribution in [2.45, 2.75) is 39.3 Å². The Morgan fingerprint density at radius 2 is 1.96 bits per heavy atom. The third-order valence-corrected chi connectivity index (χ3v) is 4.17. The lowest BCUT2D eigenvalue weighted by molar-refractivity contribution is -0.140. The van der Waals surface area contributed by atoms with Crippen LogP contribution in [0.3, 0.4) is 0 Å². The minimum absolute atomic E-state index is 0.0236. The van der Waals surface area contributed by atoms with Gasteiger partial charge in [0.05, 0.1) is 12.6 Å². The average Bonchev–Trinajstić information content (AvgIpc) is 3.05. The Kier molecular flexibility index (Phi) is 6.59. The van der Waals surface area contributed by atoms with Crippen LogP contribution in [0.2, 0.25) is 0 Å². The molecule has 1 atom stereocenters. The van der Waals surface area contributed by atoms with Crippen LogP contribution >= 0.6 is 0 Å². The number of carbonyl (C=O) groups excluding carboxylic acids is 2. The van der Waals surface area contributed by atoms with Crippen LogP contribution in [0.5, 0.6) is 0 Å². The summed E-state index contributed by atoms with van der Waals surface area (Å²) in [5.74, 6) is -0.103. The van der Waals surface area contributed by atoms with Gasteiger partial charge in [-0.3, -0.25) is 9.59 Å². The van der Waals surface area contributed by atoms with E-state index in [9.17, 15) is 9.59 Å². The van der Waals surface area contributed by atoms with Crippen molar-refractivity contribution < 1.29 is 14.3 Å². The number of carbonyl (C=O) groups is 2. The second kappa shape index (κ2) is 8.67. The van der Waals surface area contributed by atoms with Gasteiger partial charge in [0.25, 0.3) is 0 Å². The molecule has 0 bridgehead atoms. The summed E-state index contributed by atoms with van der Waals surface area (Å²) in [4.78, 5) is 27.8. The molecule has 1 heterocycles. The van der Waals surface area contributed by atoms with Gasteiger partial charge in [-0.1, -0.05) is 30.3 Å². The second-order valence-electron chi connectivity index (χ2n) is 5.93. The maximum Gasteiger partial charge on any atom is 0.242 e. The van der Waals surface area contributed by atoms with Gasteiger partial charge in [0.2, 0.25) is 11.8 Å². The first kappa shape index (κ1) is 17.5. The molecule has 0 radical (unpaired) electrons. The first-order valence-electron chi connectivity index (χ1n) is 8.29. The molecule has 1 saturated heterocycles. The molecule has 1 aromatic carbocycles. The number of likely N-dealkylation sites (N-methyl/N-ethyl adjacent to an activating group) is 1. The van der Waals surface area contributed by atoms with Gasteiger partial charge in [0.15, 0.2) is 0 Å². The fraction of sp³-hybridized carbons (Fsp3) is 0.556. The van der Waals surface area contributed by atoms with Gasteiger partial charge in [0, 0.05) is 33.2 Å². The minimum Gasteiger partial charge on any atom is -0.376 e. The van der Waals surface area contributed by atoms with Gasteiger partial charge in [-0.15, -0.1) is 0 Å². The summed E-state index contributed by atoms with van der Waals surface area (Å²) >= 11 is 0. The molecule has 0 N–H and O–H groups in total. The summed E-state index contributed by atoms with van der Waals surface area (Å²) in [7, 11) is 0. The first-order valence-corrected chi connectivity index (χ1v) is 8.29. The maximum atomic E-state index is 12.6. The van der Waals surface area contributed by atoms with E-state index in [1.54, 1.807) is 9.80 Å². The number of hydrogen-bond acceptors (Lipinski definition) is 3. The number of hydrogen-bond donors (Lipinski definition) is 0. The monoisotopic (exact) mass is 318 g/mol. The highest BCUT2D eigenvalue weighted by Gasteiger charge is 2.24. The van der Waals surface area contributed by atoms with Gasteiger partial charge in [-0.25, -0.2) is 0 Å². The fourth-order valence-electron chi connectivity index (χ4n) is 2.78. The van der Waals surface area contributed by atoms with Crippen molar-refractivity contribution in [2.24, 2.45) is 0 Å². The Morgan fingerprint density at radius 3 is 2.52 bits per heavy atom. The van der Waals surface area contributed by atoms with E-state index < -0.39 is 0 Å². The van der Waals surface area contributed by atoms with Crippen LogP contribution in [-0.2, 0) is 20.9 Å². The molecule has 5 heteroatoms. The molecule has 5 nitrogen and oxygen atoms in total. The molecule has 0 spiro atoms. The Labute approximate surface area is 138 Å². The van der Waals surface area contributed by atoms with Crippen LogP contribution in [0.1, 0.15) is 32.3 Å². The third-order valence-electron chi connectivity index (χ3n) is 4.17. The lowest BCUT2D eigenvalue weighted by Gasteiger charge is -2.27. The number of benzene rings is 1. The predicted octanol–water partition coefficient (Wildman–Crippen LogP) is 2.06. The molecule has 0 saturated carbocycles. The lowest BCUT2D eigenvalue weighted by Crippen LogP contribution is -2.44. The molecule has 0 aliphatic carbocycles. The van der Waals surface area contributed by atoms with Crippen LogP contribution < -0.4 is 0 Å². The Hall–Kier alpha value is -1.88. The molecular formula is C18H26N2O3. The zero-order valence-electron chi connectivity index (χ0n) is 14.0. The van der Waals surface area contributed by atoms with Crippen LogP contribution in [-0.4, -0.2) is 54.0 Å². The molecule has 1 aromatic rings. The number of amides is 2. The van der Waals surface area contributed by atoms with Crippen LogP contribution in [0.15, 0.2) is 30.3 Å². The number of nitrogens with zero attached hydrogens (tertiary/aromatic N) is 2. The predicted molar refractivity (Wildman–Crippen MR) is 88.8 cm³/mol. The molecule has 0 aromatic heterocycles. The van der Waals surface area contributed by atoms with E-state index >= 15 is 0 Å². The lowest BCUT2D eigenvalue weighted by atomic mass is 10.2. The van der Waals surface area contributed by atoms with Gasteiger partial charge in [-0.05, 0) is 25.3 Å². The number of ether oxygens (including phenoxy) is 1. The van der Waals surface area contributed by atoms with Gasteiger partial charge < -0.3 is 14.5 Å². The molecular weight excluding hydrogens is 292 g/mol. The van der Waals surface area contributed by atoms with E-state index in [-0.39, 0.29) is 24.5 Å². The molecule has 2 amide bonds. The van der Waals surface area contributed by atoms with E-state index in [1.165, 1.54) is 6.92 Å². The highest BCUT2D eigenvalue weighted by Crippen LogP contribution is 2.14. The highest BCUT2D eigenvalue weighted by molar-refractivity contribution is 5.83. The summed E-state index contributed by atoms with van der Waals surface area (Å²) in [5, 5.41) is 0. The Morgan fingerprint density at radius 1 is 1.22 bits per heavy atom. The second-order valence-corrected chi connectivity index (χ2v) is 5.93. The van der Waals surface area contributed by atoms with Crippen molar-refractivity contribution in [1.82, 2.24) is 9.80 Å². The van der Waals surface area contributed by atoms with Crippen molar-refractivity contribution in [3.63, 3.8) is 0 Å². The van der Waals surface area contributed by atoms with Crippen molar-refractivity contribution in [2.75, 3.05) is 26.2 Å². The smallest absolute Gasteiger partial charge is 0.242 e. The maximum absolute atomic E-state index is 12.6. The summed E-state index contributed by atoms with van der Waals surface area (Å²) in [6, 6.07) is 9.90. The van der Waals surface area contributed by atoms with E-state index in [0.717, 1.165) is 25.0 Å². The van der Waals surface area contributed by atoms with Crippen LogP contribution in [0, 0.1) is 0 Å². The Balaban J connectivity index is 1.93. The molecule has 2 rings (SSSR count). The molecule has 126 valence electrons. The summed E-state index contributed by atoms with van der Waals surface area (Å²) < 4.78 is 5.58. The van der Waals surface area contributed by atoms with Gasteiger partial charge in [-0.2, -0.15) is 0 Å². The summed E-state index contributed by atoms with van der Waals surface area (Å²) in [6.45, 7) is 6.04. The van der Waals surface area contributed by atoms with Gasteiger partial charge in [0.1, 0.15) is 0 Å². The third kappa shape index (κ3) is 5.36. The highest BCUT2D eigenvalue weighted by atomic mass is 16.5. The van der Waals surface area contributed by atoms with Crippen LogP contribution in [0.25, 0.3) is 0 Å². The van der Waals surface area contributed by atoms with E-state index in [4.69, 9.17) is 4.74 Å². The number of rotatable bonds is 7. The molecule has 1 unspecified atom stereocenters. The SMILES string of the molecule is CCN(Cc1ccccc1)C(=O)CN(CC1CCCO1)C(C)=O. The van der Waals surface area contributed by atoms with Crippen molar-refractivity contribution in [3.8, 4) is 0 Å². The quantitative estimate of drug-likeness (QED) is 0.773. The zero-order chi connectivity index (χ0) is 16.7.